The molecule has 0 radical (unpaired) electrons. The van der Waals surface area contributed by atoms with E-state index in [0.29, 0.717) is 18.5 Å². The number of hydrazone groups is 1. The molecule has 2 aromatic rings. The van der Waals surface area contributed by atoms with E-state index in [1.165, 1.54) is 23.2 Å². The molecular weight excluding hydrogens is 247 g/mol. The summed E-state index contributed by atoms with van der Waals surface area (Å²) in [6, 6.07) is 7.41. The second-order valence-corrected chi connectivity index (χ2v) is 4.21. The first kappa shape index (κ1) is 11.6. The summed E-state index contributed by atoms with van der Waals surface area (Å²) in [4.78, 5) is 12.1. The molecule has 1 N–H and O–H groups in total. The van der Waals surface area contributed by atoms with E-state index < -0.39 is 5.82 Å². The van der Waals surface area contributed by atoms with Crippen LogP contribution in [0.4, 0.5) is 4.39 Å². The Morgan fingerprint density at radius 3 is 3.00 bits per heavy atom. The first-order chi connectivity index (χ1) is 9.24. The van der Waals surface area contributed by atoms with E-state index in [4.69, 9.17) is 0 Å². The minimum absolute atomic E-state index is 0.297. The van der Waals surface area contributed by atoms with Crippen molar-refractivity contribution in [3.8, 4) is 0 Å². The monoisotopic (exact) mass is 258 g/mol. The van der Waals surface area contributed by atoms with Gasteiger partial charge in [0.05, 0.1) is 18.0 Å². The summed E-state index contributed by atoms with van der Waals surface area (Å²) in [6.07, 6.45) is 2.29. The fraction of sp³-hybridized carbons (Fsp3) is 0.154. The number of hydrogen-bond acceptors (Lipinski definition) is 3. The molecule has 0 unspecified atom stereocenters. The molecule has 0 fully saturated rings. The summed E-state index contributed by atoms with van der Waals surface area (Å²) in [5, 5.41) is 12.3. The van der Waals surface area contributed by atoms with Crippen LogP contribution in [0.25, 0.3) is 0 Å². The van der Waals surface area contributed by atoms with Gasteiger partial charge < -0.3 is 0 Å². The number of carbonyl (C=O) groups excluding carboxylic acids is 1. The minimum atomic E-state index is -0.428. The van der Waals surface area contributed by atoms with Crippen molar-refractivity contribution in [1.29, 1.82) is 0 Å². The van der Waals surface area contributed by atoms with Crippen LogP contribution >= 0.6 is 0 Å². The number of carbonyl (C=O) groups is 1. The van der Waals surface area contributed by atoms with Crippen molar-refractivity contribution in [2.75, 3.05) is 6.54 Å². The van der Waals surface area contributed by atoms with Crippen LogP contribution in [-0.4, -0.2) is 33.4 Å². The van der Waals surface area contributed by atoms with Crippen LogP contribution in [0.2, 0.25) is 0 Å². The van der Waals surface area contributed by atoms with Gasteiger partial charge in [-0.05, 0) is 24.3 Å². The number of H-pyrrole nitrogens is 1. The predicted octanol–water partition coefficient (Wildman–Crippen LogP) is 1.80. The molecule has 5 nitrogen and oxygen atoms in total. The molecule has 0 atom stereocenters. The molecule has 1 aliphatic rings. The average molecular weight is 258 g/mol. The lowest BCUT2D eigenvalue weighted by molar-refractivity contribution is 0.0778. The maximum Gasteiger partial charge on any atom is 0.274 e. The second kappa shape index (κ2) is 4.64. The Balaban J connectivity index is 1.83. The van der Waals surface area contributed by atoms with E-state index in [1.807, 2.05) is 0 Å². The maximum absolute atomic E-state index is 13.1. The highest BCUT2D eigenvalue weighted by Crippen LogP contribution is 2.15. The summed E-state index contributed by atoms with van der Waals surface area (Å²) < 4.78 is 13.1. The van der Waals surface area contributed by atoms with Gasteiger partial charge in [0, 0.05) is 18.2 Å². The van der Waals surface area contributed by atoms with Crippen molar-refractivity contribution >= 4 is 11.6 Å². The number of aromatic amines is 1. The van der Waals surface area contributed by atoms with E-state index in [2.05, 4.69) is 15.3 Å². The normalized spacial score (nSPS) is 14.6. The smallest absolute Gasteiger partial charge is 0.274 e. The Morgan fingerprint density at radius 2 is 2.26 bits per heavy atom. The highest BCUT2D eigenvalue weighted by Gasteiger charge is 2.23. The van der Waals surface area contributed by atoms with Crippen molar-refractivity contribution in [3.05, 3.63) is 53.6 Å². The third kappa shape index (κ3) is 2.24. The molecule has 1 aliphatic heterocycles. The summed E-state index contributed by atoms with van der Waals surface area (Å²) in [5.74, 6) is -0.725. The molecule has 0 aliphatic carbocycles. The number of hydrogen-bond donors (Lipinski definition) is 1. The minimum Gasteiger partial charge on any atom is -0.277 e. The zero-order valence-electron chi connectivity index (χ0n) is 10.0. The Morgan fingerprint density at radius 1 is 1.37 bits per heavy atom. The van der Waals surface area contributed by atoms with Gasteiger partial charge in [0.2, 0.25) is 0 Å². The van der Waals surface area contributed by atoms with E-state index in [0.717, 1.165) is 11.4 Å². The maximum atomic E-state index is 13.1. The van der Waals surface area contributed by atoms with Crippen molar-refractivity contribution in [3.63, 3.8) is 0 Å². The van der Waals surface area contributed by atoms with Crippen LogP contribution in [0.3, 0.4) is 0 Å². The average Bonchev–Trinajstić information content (AvgIpc) is 3.08. The van der Waals surface area contributed by atoms with Gasteiger partial charge in [-0.1, -0.05) is 6.07 Å². The molecule has 0 spiro atoms. The number of halogens is 1. The summed E-state index contributed by atoms with van der Waals surface area (Å²) in [6.45, 7) is 0.490. The van der Waals surface area contributed by atoms with Gasteiger partial charge in [0.15, 0.2) is 0 Å². The molecule has 0 saturated heterocycles. The molecule has 96 valence electrons. The Labute approximate surface area is 108 Å². The van der Waals surface area contributed by atoms with Gasteiger partial charge >= 0.3 is 0 Å². The van der Waals surface area contributed by atoms with Gasteiger partial charge in [0.25, 0.3) is 5.91 Å². The molecule has 19 heavy (non-hydrogen) atoms. The van der Waals surface area contributed by atoms with E-state index in [1.54, 1.807) is 18.3 Å². The SMILES string of the molecule is O=C(c1cccc(F)c1)N1CCC(c2ccn[nH]2)=N1. The van der Waals surface area contributed by atoms with Crippen LogP contribution in [-0.2, 0) is 0 Å². The fourth-order valence-electron chi connectivity index (χ4n) is 1.98. The Bertz CT molecular complexity index is 636. The number of nitrogens with one attached hydrogen (secondary N) is 1. The highest BCUT2D eigenvalue weighted by molar-refractivity contribution is 6.03. The molecule has 1 aromatic carbocycles. The van der Waals surface area contributed by atoms with Gasteiger partial charge in [0.1, 0.15) is 5.82 Å². The number of benzene rings is 1. The third-order valence-corrected chi connectivity index (χ3v) is 2.92. The van der Waals surface area contributed by atoms with Gasteiger partial charge in [-0.3, -0.25) is 9.89 Å². The first-order valence-electron chi connectivity index (χ1n) is 5.89. The molecule has 1 aromatic heterocycles. The van der Waals surface area contributed by atoms with Crippen molar-refractivity contribution in [1.82, 2.24) is 15.2 Å². The lowest BCUT2D eigenvalue weighted by Crippen LogP contribution is -2.23. The van der Waals surface area contributed by atoms with Crippen molar-refractivity contribution in [2.45, 2.75) is 6.42 Å². The van der Waals surface area contributed by atoms with Crippen LogP contribution < -0.4 is 0 Å². The zero-order chi connectivity index (χ0) is 13.2. The summed E-state index contributed by atoms with van der Waals surface area (Å²) in [7, 11) is 0. The second-order valence-electron chi connectivity index (χ2n) is 4.21. The molecule has 2 heterocycles. The highest BCUT2D eigenvalue weighted by atomic mass is 19.1. The van der Waals surface area contributed by atoms with Crippen molar-refractivity contribution < 1.29 is 9.18 Å². The lowest BCUT2D eigenvalue weighted by atomic mass is 10.2. The molecule has 3 rings (SSSR count). The van der Waals surface area contributed by atoms with E-state index in [-0.39, 0.29) is 5.91 Å². The number of aromatic nitrogens is 2. The Kier molecular flexibility index (Phi) is 2.83. The van der Waals surface area contributed by atoms with Gasteiger partial charge in [-0.25, -0.2) is 9.40 Å². The first-order valence-corrected chi connectivity index (χ1v) is 5.89. The molecule has 6 heteroatoms. The zero-order valence-corrected chi connectivity index (χ0v) is 10.0. The molecule has 0 bridgehead atoms. The van der Waals surface area contributed by atoms with Crippen LogP contribution in [0.1, 0.15) is 22.5 Å². The number of nitrogens with zero attached hydrogens (tertiary/aromatic N) is 3. The number of amides is 1. The predicted molar refractivity (Wildman–Crippen MR) is 67.2 cm³/mol. The number of rotatable bonds is 2. The van der Waals surface area contributed by atoms with Gasteiger partial charge in [-0.2, -0.15) is 10.2 Å². The largest absolute Gasteiger partial charge is 0.277 e. The Hall–Kier alpha value is -2.50. The molecule has 1 amide bonds. The van der Waals surface area contributed by atoms with Crippen LogP contribution in [0.15, 0.2) is 41.6 Å². The van der Waals surface area contributed by atoms with Gasteiger partial charge in [-0.15, -0.1) is 0 Å². The fourth-order valence-corrected chi connectivity index (χ4v) is 1.98. The topological polar surface area (TPSA) is 61.4 Å². The third-order valence-electron chi connectivity index (χ3n) is 2.92. The van der Waals surface area contributed by atoms with Crippen molar-refractivity contribution in [2.24, 2.45) is 5.10 Å². The van der Waals surface area contributed by atoms with Crippen LogP contribution in [0.5, 0.6) is 0 Å². The van der Waals surface area contributed by atoms with Crippen LogP contribution in [0, 0.1) is 5.82 Å². The lowest BCUT2D eigenvalue weighted by Gasteiger charge is -2.10. The van der Waals surface area contributed by atoms with E-state index >= 15 is 0 Å². The quantitative estimate of drug-likeness (QED) is 0.892. The summed E-state index contributed by atoms with van der Waals surface area (Å²) in [5.41, 5.74) is 1.88. The summed E-state index contributed by atoms with van der Waals surface area (Å²) >= 11 is 0. The molecular formula is C13H11FN4O. The van der Waals surface area contributed by atoms with E-state index in [9.17, 15) is 9.18 Å². The standard InChI is InChI=1S/C13H11FN4O/c14-10-3-1-2-9(8-10)13(19)18-7-5-12(17-18)11-4-6-15-16-11/h1-4,6,8H,5,7H2,(H,15,16). The molecule has 0 saturated carbocycles.